The first-order valence-electron chi connectivity index (χ1n) is 7.06. The summed E-state index contributed by atoms with van der Waals surface area (Å²) in [5, 5.41) is 3.40. The molecule has 1 saturated carbocycles. The maximum atomic E-state index is 12.2. The van der Waals surface area contributed by atoms with Gasteiger partial charge in [0, 0.05) is 11.7 Å². The molecule has 0 aromatic heterocycles. The van der Waals surface area contributed by atoms with Crippen molar-refractivity contribution in [2.45, 2.75) is 45.5 Å². The number of benzene rings is 1. The van der Waals surface area contributed by atoms with Gasteiger partial charge in [0.2, 0.25) is 0 Å². The van der Waals surface area contributed by atoms with Crippen LogP contribution in [0.5, 0.6) is 5.75 Å². The number of hydrogen-bond donors (Lipinski definition) is 1. The van der Waals surface area contributed by atoms with Gasteiger partial charge in [0.1, 0.15) is 5.75 Å². The summed E-state index contributed by atoms with van der Waals surface area (Å²) in [6.45, 7) is 4.51. The lowest BCUT2D eigenvalue weighted by atomic mass is 9.79. The monoisotopic (exact) mass is 365 g/mol. The van der Waals surface area contributed by atoms with Crippen LogP contribution in [0.15, 0.2) is 22.7 Å². The Kier molecular flexibility index (Phi) is 5.07. The average Bonchev–Trinajstić information content (AvgIpc) is 2.36. The van der Waals surface area contributed by atoms with Gasteiger partial charge in [-0.05, 0) is 65.2 Å². The van der Waals surface area contributed by atoms with Crippen molar-refractivity contribution in [3.63, 3.8) is 0 Å². The van der Waals surface area contributed by atoms with Gasteiger partial charge in [0.15, 0.2) is 0 Å². The highest BCUT2D eigenvalue weighted by Crippen LogP contribution is 2.35. The molecule has 1 aliphatic carbocycles. The van der Waals surface area contributed by atoms with Gasteiger partial charge in [-0.25, -0.2) is 0 Å². The average molecular weight is 366 g/mol. The highest BCUT2D eigenvalue weighted by molar-refractivity contribution is 9.10. The Labute approximate surface area is 131 Å². The Morgan fingerprint density at radius 3 is 2.48 bits per heavy atom. The second-order valence-corrected chi connectivity index (χ2v) is 6.66. The molecule has 1 aliphatic rings. The van der Waals surface area contributed by atoms with E-state index in [1.807, 2.05) is 0 Å². The molecule has 1 aromatic carbocycles. The Morgan fingerprint density at radius 1 is 1.19 bits per heavy atom. The van der Waals surface area contributed by atoms with Gasteiger partial charge in [0.05, 0.1) is 4.47 Å². The van der Waals surface area contributed by atoms with Crippen LogP contribution >= 0.6 is 15.9 Å². The number of hydrogen-bond acceptors (Lipinski definition) is 2. The summed E-state index contributed by atoms with van der Waals surface area (Å²) in [6, 6.07) is 4.95. The van der Waals surface area contributed by atoms with E-state index in [4.69, 9.17) is 0 Å². The third-order valence-corrected chi connectivity index (χ3v) is 4.75. The van der Waals surface area contributed by atoms with E-state index in [0.29, 0.717) is 16.4 Å². The SMILES string of the molecule is CC1CCC(Nc2ccc(OC(F)(F)F)c(Br)c2)CC1C. The number of anilines is 1. The van der Waals surface area contributed by atoms with E-state index >= 15 is 0 Å². The van der Waals surface area contributed by atoms with Crippen LogP contribution in [0.25, 0.3) is 0 Å². The fourth-order valence-electron chi connectivity index (χ4n) is 2.71. The van der Waals surface area contributed by atoms with Crippen LogP contribution in [0.3, 0.4) is 0 Å². The third kappa shape index (κ3) is 4.80. The highest BCUT2D eigenvalue weighted by Gasteiger charge is 2.32. The van der Waals surface area contributed by atoms with Crippen molar-refractivity contribution < 1.29 is 17.9 Å². The minimum atomic E-state index is -4.67. The number of alkyl halides is 3. The molecule has 3 atom stereocenters. The molecule has 1 N–H and O–H groups in total. The topological polar surface area (TPSA) is 21.3 Å². The van der Waals surface area contributed by atoms with E-state index < -0.39 is 6.36 Å². The predicted molar refractivity (Wildman–Crippen MR) is 80.4 cm³/mol. The van der Waals surface area contributed by atoms with Crippen molar-refractivity contribution in [3.8, 4) is 5.75 Å². The first kappa shape index (κ1) is 16.5. The van der Waals surface area contributed by atoms with Crippen molar-refractivity contribution in [3.05, 3.63) is 22.7 Å². The molecule has 0 radical (unpaired) electrons. The van der Waals surface area contributed by atoms with Gasteiger partial charge in [-0.3, -0.25) is 0 Å². The van der Waals surface area contributed by atoms with E-state index in [1.165, 1.54) is 12.5 Å². The first-order chi connectivity index (χ1) is 9.74. The number of nitrogens with one attached hydrogen (secondary N) is 1. The maximum absolute atomic E-state index is 12.2. The molecule has 21 heavy (non-hydrogen) atoms. The van der Waals surface area contributed by atoms with E-state index in [1.54, 1.807) is 12.1 Å². The zero-order valence-corrected chi connectivity index (χ0v) is 13.6. The quantitative estimate of drug-likeness (QED) is 0.754. The smallest absolute Gasteiger partial charge is 0.405 e. The summed E-state index contributed by atoms with van der Waals surface area (Å²) < 4.78 is 40.9. The van der Waals surface area contributed by atoms with Crippen LogP contribution in [0, 0.1) is 11.8 Å². The van der Waals surface area contributed by atoms with Crippen molar-refractivity contribution in [2.75, 3.05) is 5.32 Å². The lowest BCUT2D eigenvalue weighted by Crippen LogP contribution is -2.30. The van der Waals surface area contributed by atoms with Gasteiger partial charge in [0.25, 0.3) is 0 Å². The van der Waals surface area contributed by atoms with Crippen LogP contribution in [-0.4, -0.2) is 12.4 Å². The minimum absolute atomic E-state index is 0.223. The van der Waals surface area contributed by atoms with Gasteiger partial charge < -0.3 is 10.1 Å². The fraction of sp³-hybridized carbons (Fsp3) is 0.600. The van der Waals surface area contributed by atoms with Crippen LogP contribution in [0.4, 0.5) is 18.9 Å². The lowest BCUT2D eigenvalue weighted by Gasteiger charge is -2.33. The summed E-state index contributed by atoms with van der Waals surface area (Å²) >= 11 is 3.12. The van der Waals surface area contributed by atoms with E-state index in [0.717, 1.165) is 24.4 Å². The fourth-order valence-corrected chi connectivity index (χ4v) is 3.17. The Morgan fingerprint density at radius 2 is 1.90 bits per heavy atom. The van der Waals surface area contributed by atoms with E-state index in [9.17, 15) is 13.2 Å². The normalized spacial score (nSPS) is 26.5. The molecule has 0 amide bonds. The largest absolute Gasteiger partial charge is 0.573 e. The Bertz CT molecular complexity index is 492. The maximum Gasteiger partial charge on any atom is 0.573 e. The second-order valence-electron chi connectivity index (χ2n) is 5.80. The minimum Gasteiger partial charge on any atom is -0.405 e. The van der Waals surface area contributed by atoms with Crippen LogP contribution < -0.4 is 10.1 Å². The molecule has 2 nitrogen and oxygen atoms in total. The molecule has 1 aromatic rings. The van der Waals surface area contributed by atoms with Gasteiger partial charge >= 0.3 is 6.36 Å². The summed E-state index contributed by atoms with van der Waals surface area (Å²) in [4.78, 5) is 0. The van der Waals surface area contributed by atoms with Crippen molar-refractivity contribution in [2.24, 2.45) is 11.8 Å². The zero-order chi connectivity index (χ0) is 15.6. The number of ether oxygens (including phenoxy) is 1. The molecule has 6 heteroatoms. The molecule has 0 spiro atoms. The molecule has 2 rings (SSSR count). The van der Waals surface area contributed by atoms with Gasteiger partial charge in [-0.1, -0.05) is 13.8 Å². The number of halogens is 4. The van der Waals surface area contributed by atoms with Crippen LogP contribution in [0.1, 0.15) is 33.1 Å². The molecular formula is C15H19BrF3NO. The van der Waals surface area contributed by atoms with Gasteiger partial charge in [-0.15, -0.1) is 13.2 Å². The summed E-state index contributed by atoms with van der Waals surface area (Å²) in [5.74, 6) is 1.17. The van der Waals surface area contributed by atoms with Crippen LogP contribution in [-0.2, 0) is 0 Å². The first-order valence-corrected chi connectivity index (χ1v) is 7.85. The molecule has 0 bridgehead atoms. The summed E-state index contributed by atoms with van der Waals surface area (Å²) in [5.41, 5.74) is 0.808. The molecular weight excluding hydrogens is 347 g/mol. The molecule has 1 fully saturated rings. The van der Waals surface area contributed by atoms with Crippen molar-refractivity contribution >= 4 is 21.6 Å². The van der Waals surface area contributed by atoms with Crippen LogP contribution in [0.2, 0.25) is 0 Å². The van der Waals surface area contributed by atoms with E-state index in [-0.39, 0.29) is 5.75 Å². The zero-order valence-electron chi connectivity index (χ0n) is 12.0. The Balaban J connectivity index is 2.00. The Hall–Kier alpha value is -0.910. The molecule has 0 heterocycles. The molecule has 3 unspecified atom stereocenters. The van der Waals surface area contributed by atoms with Crippen molar-refractivity contribution in [1.82, 2.24) is 0 Å². The predicted octanol–water partition coefficient (Wildman–Crippen LogP) is 5.58. The van der Waals surface area contributed by atoms with Crippen molar-refractivity contribution in [1.29, 1.82) is 0 Å². The molecule has 0 saturated heterocycles. The standard InChI is InChI=1S/C15H19BrF3NO/c1-9-3-4-11(7-10(9)2)20-12-5-6-14(13(16)8-12)21-15(17,18)19/h5-6,8-11,20H,3-4,7H2,1-2H3. The summed E-state index contributed by atoms with van der Waals surface area (Å²) in [7, 11) is 0. The van der Waals surface area contributed by atoms with E-state index in [2.05, 4.69) is 39.8 Å². The molecule has 0 aliphatic heterocycles. The number of rotatable bonds is 3. The van der Waals surface area contributed by atoms with Gasteiger partial charge in [-0.2, -0.15) is 0 Å². The highest BCUT2D eigenvalue weighted by atomic mass is 79.9. The summed E-state index contributed by atoms with van der Waals surface area (Å²) in [6.07, 6.45) is -1.33. The third-order valence-electron chi connectivity index (χ3n) is 4.13. The second kappa shape index (κ2) is 6.46. The molecule has 118 valence electrons. The lowest BCUT2D eigenvalue weighted by molar-refractivity contribution is -0.274.